The van der Waals surface area contributed by atoms with E-state index in [0.29, 0.717) is 58.3 Å². The van der Waals surface area contributed by atoms with E-state index in [1.165, 1.54) is 6.08 Å². The summed E-state index contributed by atoms with van der Waals surface area (Å²) in [5.41, 5.74) is 0. The van der Waals surface area contributed by atoms with Crippen LogP contribution in [-0.4, -0.2) is 70.8 Å². The van der Waals surface area contributed by atoms with Crippen LogP contribution in [0.4, 0.5) is 0 Å². The van der Waals surface area contributed by atoms with Crippen molar-refractivity contribution < 1.29 is 23.8 Å². The maximum absolute atomic E-state index is 11.5. The van der Waals surface area contributed by atoms with Crippen LogP contribution in [0, 0.1) is 0 Å². The minimum atomic E-state index is -0.133. The maximum Gasteiger partial charge on any atom is 0.243 e. The zero-order chi connectivity index (χ0) is 18.6. The van der Waals surface area contributed by atoms with Gasteiger partial charge in [0.05, 0.1) is 33.0 Å². The summed E-state index contributed by atoms with van der Waals surface area (Å²) in [7, 11) is 1.63. The molecule has 146 valence electrons. The van der Waals surface area contributed by atoms with Gasteiger partial charge in [0, 0.05) is 32.4 Å². The van der Waals surface area contributed by atoms with E-state index in [1.807, 2.05) is 6.08 Å². The van der Waals surface area contributed by atoms with Gasteiger partial charge in [-0.1, -0.05) is 6.08 Å². The largest absolute Gasteiger partial charge is 0.382 e. The van der Waals surface area contributed by atoms with Gasteiger partial charge in [-0.25, -0.2) is 0 Å². The summed E-state index contributed by atoms with van der Waals surface area (Å²) < 4.78 is 15.4. The van der Waals surface area contributed by atoms with E-state index in [0.717, 1.165) is 19.3 Å². The molecular weight excluding hydrogens is 344 g/mol. The smallest absolute Gasteiger partial charge is 0.243 e. The van der Waals surface area contributed by atoms with Gasteiger partial charge < -0.3 is 24.8 Å². The number of nitrogens with one attached hydrogen (secondary N) is 2. The summed E-state index contributed by atoms with van der Waals surface area (Å²) >= 11 is 4.03. The van der Waals surface area contributed by atoms with E-state index < -0.39 is 0 Å². The summed E-state index contributed by atoms with van der Waals surface area (Å²) in [6.07, 6.45) is 6.33. The zero-order valence-electron chi connectivity index (χ0n) is 15.1. The minimum Gasteiger partial charge on any atom is -0.382 e. The monoisotopic (exact) mass is 376 g/mol. The molecule has 0 saturated carbocycles. The van der Waals surface area contributed by atoms with Crippen LogP contribution in [0.15, 0.2) is 12.2 Å². The van der Waals surface area contributed by atoms with Gasteiger partial charge in [-0.15, -0.1) is 0 Å². The fourth-order valence-corrected chi connectivity index (χ4v) is 1.90. The molecule has 0 fully saturated rings. The van der Waals surface area contributed by atoms with Gasteiger partial charge in [0.25, 0.3) is 0 Å². The van der Waals surface area contributed by atoms with Crippen molar-refractivity contribution >= 4 is 24.4 Å². The fraction of sp³-hybridized carbons (Fsp3) is 0.765. The van der Waals surface area contributed by atoms with Gasteiger partial charge in [0.1, 0.15) is 0 Å². The Hall–Kier alpha value is -1.09. The standard InChI is InChI=1S/C17H32N2O5S/c1-22-11-12-24-14-13-23-10-8-18-16(20)6-4-2-3-5-7-17(21)19-9-15-25/h4,6,25H,2-3,5,7-15H2,1H3,(H,18,20)(H,19,21)/b6-4+. The van der Waals surface area contributed by atoms with E-state index in [1.54, 1.807) is 7.11 Å². The highest BCUT2D eigenvalue weighted by Crippen LogP contribution is 2.00. The number of amides is 2. The number of carbonyl (C=O) groups excluding carboxylic acids is 2. The summed E-state index contributed by atoms with van der Waals surface area (Å²) in [6.45, 7) is 3.67. The number of carbonyl (C=O) groups is 2. The first-order valence-electron chi connectivity index (χ1n) is 8.67. The second kappa shape index (κ2) is 19.2. The lowest BCUT2D eigenvalue weighted by molar-refractivity contribution is -0.121. The summed E-state index contributed by atoms with van der Waals surface area (Å²) in [5, 5.41) is 5.51. The molecule has 25 heavy (non-hydrogen) atoms. The Morgan fingerprint density at radius 2 is 1.68 bits per heavy atom. The van der Waals surface area contributed by atoms with Crippen LogP contribution < -0.4 is 10.6 Å². The molecule has 0 aromatic carbocycles. The third kappa shape index (κ3) is 19.1. The van der Waals surface area contributed by atoms with Crippen molar-refractivity contribution in [2.75, 3.05) is 59.0 Å². The second-order valence-electron chi connectivity index (χ2n) is 5.23. The van der Waals surface area contributed by atoms with E-state index in [9.17, 15) is 9.59 Å². The lowest BCUT2D eigenvalue weighted by Crippen LogP contribution is -2.26. The van der Waals surface area contributed by atoms with Crippen LogP contribution in [0.1, 0.15) is 25.7 Å². The highest BCUT2D eigenvalue weighted by atomic mass is 32.1. The van der Waals surface area contributed by atoms with Gasteiger partial charge in [0.2, 0.25) is 11.8 Å². The molecule has 0 atom stereocenters. The number of methoxy groups -OCH3 is 1. The average molecular weight is 377 g/mol. The molecule has 0 radical (unpaired) electrons. The molecule has 0 bridgehead atoms. The van der Waals surface area contributed by atoms with Crippen LogP contribution in [-0.2, 0) is 23.8 Å². The average Bonchev–Trinajstić information content (AvgIpc) is 2.61. The Morgan fingerprint density at radius 3 is 2.40 bits per heavy atom. The van der Waals surface area contributed by atoms with Crippen molar-refractivity contribution in [2.45, 2.75) is 25.7 Å². The molecule has 0 unspecified atom stereocenters. The van der Waals surface area contributed by atoms with Crippen LogP contribution in [0.25, 0.3) is 0 Å². The topological polar surface area (TPSA) is 85.9 Å². The molecule has 0 aromatic rings. The third-order valence-corrected chi connectivity index (χ3v) is 3.30. The van der Waals surface area contributed by atoms with E-state index in [-0.39, 0.29) is 11.8 Å². The Bertz CT molecular complexity index is 367. The van der Waals surface area contributed by atoms with Crippen LogP contribution in [0.5, 0.6) is 0 Å². The molecule has 0 aliphatic heterocycles. The second-order valence-corrected chi connectivity index (χ2v) is 5.68. The number of allylic oxidation sites excluding steroid dienone is 1. The molecule has 0 aliphatic carbocycles. The zero-order valence-corrected chi connectivity index (χ0v) is 16.0. The van der Waals surface area contributed by atoms with Gasteiger partial charge >= 0.3 is 0 Å². The molecule has 8 heteroatoms. The number of rotatable bonds is 17. The molecule has 0 saturated heterocycles. The summed E-state index contributed by atoms with van der Waals surface area (Å²) in [5.74, 6) is 0.572. The van der Waals surface area contributed by atoms with E-state index in [2.05, 4.69) is 23.3 Å². The van der Waals surface area contributed by atoms with Crippen molar-refractivity contribution in [2.24, 2.45) is 0 Å². The lowest BCUT2D eigenvalue weighted by atomic mass is 10.2. The number of hydrogen-bond acceptors (Lipinski definition) is 6. The first-order valence-corrected chi connectivity index (χ1v) is 9.30. The van der Waals surface area contributed by atoms with Crippen LogP contribution in [0.2, 0.25) is 0 Å². The predicted molar refractivity (Wildman–Crippen MR) is 101 cm³/mol. The van der Waals surface area contributed by atoms with Crippen molar-refractivity contribution in [1.29, 1.82) is 0 Å². The SMILES string of the molecule is COCCOCCOCCNC(=O)/C=C/CCCCC(=O)NCCS. The molecule has 7 nitrogen and oxygen atoms in total. The number of ether oxygens (including phenoxy) is 3. The predicted octanol–water partition coefficient (Wildman–Crippen LogP) is 0.945. The Morgan fingerprint density at radius 1 is 0.960 bits per heavy atom. The lowest BCUT2D eigenvalue weighted by Gasteiger charge is -2.06. The van der Waals surface area contributed by atoms with Crippen molar-refractivity contribution in [3.63, 3.8) is 0 Å². The number of thiol groups is 1. The first kappa shape index (κ1) is 23.9. The minimum absolute atomic E-state index is 0.0554. The van der Waals surface area contributed by atoms with Crippen molar-refractivity contribution in [1.82, 2.24) is 10.6 Å². The van der Waals surface area contributed by atoms with Gasteiger partial charge in [0.15, 0.2) is 0 Å². The number of hydrogen-bond donors (Lipinski definition) is 3. The molecule has 2 N–H and O–H groups in total. The molecule has 0 heterocycles. The molecule has 0 rings (SSSR count). The molecule has 0 spiro atoms. The van der Waals surface area contributed by atoms with Gasteiger partial charge in [-0.2, -0.15) is 12.6 Å². The van der Waals surface area contributed by atoms with Crippen LogP contribution in [0.3, 0.4) is 0 Å². The highest BCUT2D eigenvalue weighted by molar-refractivity contribution is 7.80. The van der Waals surface area contributed by atoms with E-state index in [4.69, 9.17) is 14.2 Å². The van der Waals surface area contributed by atoms with E-state index >= 15 is 0 Å². The molecule has 0 aromatic heterocycles. The summed E-state index contributed by atoms with van der Waals surface area (Å²) in [6, 6.07) is 0. The molecular formula is C17H32N2O5S. The van der Waals surface area contributed by atoms with Crippen molar-refractivity contribution in [3.8, 4) is 0 Å². The summed E-state index contributed by atoms with van der Waals surface area (Å²) in [4.78, 5) is 22.9. The fourth-order valence-electron chi connectivity index (χ4n) is 1.79. The molecule has 2 amide bonds. The molecule has 0 aliphatic rings. The quantitative estimate of drug-likeness (QED) is 0.200. The Balaban J connectivity index is 3.36. The van der Waals surface area contributed by atoms with Gasteiger partial charge in [-0.3, -0.25) is 9.59 Å². The number of unbranched alkanes of at least 4 members (excludes halogenated alkanes) is 2. The van der Waals surface area contributed by atoms with Crippen LogP contribution >= 0.6 is 12.6 Å². The van der Waals surface area contributed by atoms with Gasteiger partial charge in [-0.05, 0) is 25.3 Å². The maximum atomic E-state index is 11.5. The Labute approximate surface area is 156 Å². The highest BCUT2D eigenvalue weighted by Gasteiger charge is 1.99. The Kier molecular flexibility index (Phi) is 18.4. The van der Waals surface area contributed by atoms with Crippen molar-refractivity contribution in [3.05, 3.63) is 12.2 Å². The third-order valence-electron chi connectivity index (χ3n) is 3.08. The first-order chi connectivity index (χ1) is 12.2. The normalized spacial score (nSPS) is 11.0.